The van der Waals surface area contributed by atoms with Gasteiger partial charge in [0.05, 0.1) is 5.69 Å². The normalized spacial score (nSPS) is 11.3. The van der Waals surface area contributed by atoms with Gasteiger partial charge >= 0.3 is 0 Å². The highest BCUT2D eigenvalue weighted by Gasteiger charge is 2.07. The van der Waals surface area contributed by atoms with E-state index in [0.717, 1.165) is 29.4 Å². The van der Waals surface area contributed by atoms with Crippen LogP contribution in [-0.4, -0.2) is 20.8 Å². The Bertz CT molecular complexity index is 570. The van der Waals surface area contributed by atoms with E-state index < -0.39 is 0 Å². The first-order valence-corrected chi connectivity index (χ1v) is 6.70. The van der Waals surface area contributed by atoms with Gasteiger partial charge in [-0.2, -0.15) is 5.10 Å². The van der Waals surface area contributed by atoms with E-state index >= 15 is 0 Å². The van der Waals surface area contributed by atoms with E-state index in [9.17, 15) is 0 Å². The minimum absolute atomic E-state index is 0.477. The van der Waals surface area contributed by atoms with Crippen LogP contribution in [0.1, 0.15) is 36.5 Å². The van der Waals surface area contributed by atoms with Gasteiger partial charge < -0.3 is 5.32 Å². The lowest BCUT2D eigenvalue weighted by Crippen LogP contribution is -2.22. The average molecular weight is 258 g/mol. The molecule has 0 fully saturated rings. The van der Waals surface area contributed by atoms with E-state index in [1.165, 1.54) is 5.56 Å². The zero-order chi connectivity index (χ0) is 14.0. The highest BCUT2D eigenvalue weighted by atomic mass is 15.3. The smallest absolute Gasteiger partial charge is 0.154 e. The summed E-state index contributed by atoms with van der Waals surface area (Å²) in [7, 11) is 0. The Balaban J connectivity index is 2.33. The Hall–Kier alpha value is -1.68. The molecule has 0 atom stereocenters. The highest BCUT2D eigenvalue weighted by Crippen LogP contribution is 2.13. The van der Waals surface area contributed by atoms with E-state index in [2.05, 4.69) is 54.4 Å². The second-order valence-electron chi connectivity index (χ2n) is 5.35. The fraction of sp³-hybridized carbons (Fsp3) is 0.467. The third-order valence-electron chi connectivity index (χ3n) is 2.94. The number of aromatic nitrogens is 3. The van der Waals surface area contributed by atoms with E-state index in [-0.39, 0.29) is 0 Å². The van der Waals surface area contributed by atoms with Gasteiger partial charge in [0.2, 0.25) is 0 Å². The van der Waals surface area contributed by atoms with Crippen molar-refractivity contribution in [2.75, 3.05) is 0 Å². The van der Waals surface area contributed by atoms with Gasteiger partial charge in [0, 0.05) is 24.0 Å². The minimum atomic E-state index is 0.477. The number of nitrogens with zero attached hydrogens (tertiary/aromatic N) is 3. The van der Waals surface area contributed by atoms with Gasteiger partial charge in [0.15, 0.2) is 5.82 Å². The molecule has 2 aromatic heterocycles. The number of aryl methyl sites for hydroxylation is 3. The first kappa shape index (κ1) is 13.7. The number of nitrogens with one attached hydrogen (secondary N) is 1. The van der Waals surface area contributed by atoms with E-state index in [0.29, 0.717) is 6.04 Å². The van der Waals surface area contributed by atoms with Gasteiger partial charge in [-0.1, -0.05) is 13.8 Å². The van der Waals surface area contributed by atoms with Crippen molar-refractivity contribution in [1.82, 2.24) is 20.1 Å². The Morgan fingerprint density at radius 3 is 2.42 bits per heavy atom. The molecule has 4 heteroatoms. The van der Waals surface area contributed by atoms with Crippen LogP contribution in [0.4, 0.5) is 0 Å². The average Bonchev–Trinajstić information content (AvgIpc) is 2.65. The predicted octanol–water partition coefficient (Wildman–Crippen LogP) is 2.69. The summed E-state index contributed by atoms with van der Waals surface area (Å²) < 4.78 is 1.90. The van der Waals surface area contributed by atoms with Crippen molar-refractivity contribution in [3.8, 4) is 5.82 Å². The van der Waals surface area contributed by atoms with Crippen molar-refractivity contribution >= 4 is 0 Å². The third kappa shape index (κ3) is 3.41. The molecular formula is C15H22N4. The molecule has 0 amide bonds. The van der Waals surface area contributed by atoms with Crippen molar-refractivity contribution in [3.63, 3.8) is 0 Å². The molecule has 2 heterocycles. The molecule has 1 N–H and O–H groups in total. The topological polar surface area (TPSA) is 42.7 Å². The zero-order valence-electron chi connectivity index (χ0n) is 12.4. The Morgan fingerprint density at radius 2 is 1.84 bits per heavy atom. The van der Waals surface area contributed by atoms with Crippen LogP contribution in [0.15, 0.2) is 18.2 Å². The largest absolute Gasteiger partial charge is 0.310 e. The maximum atomic E-state index is 4.58. The fourth-order valence-electron chi connectivity index (χ4n) is 2.11. The molecule has 2 rings (SSSR count). The Morgan fingerprint density at radius 1 is 1.11 bits per heavy atom. The van der Waals surface area contributed by atoms with Gasteiger partial charge in [-0.25, -0.2) is 9.67 Å². The molecule has 0 aliphatic rings. The van der Waals surface area contributed by atoms with Crippen LogP contribution in [-0.2, 0) is 6.54 Å². The standard InChI is InChI=1S/C15H22N4/c1-10(2)16-9-14-7-11(3)17-15(8-14)19-13(5)6-12(4)18-19/h6-8,10,16H,9H2,1-5H3. The van der Waals surface area contributed by atoms with Crippen LogP contribution in [0.25, 0.3) is 5.82 Å². The van der Waals surface area contributed by atoms with Crippen LogP contribution in [0.3, 0.4) is 0 Å². The summed E-state index contributed by atoms with van der Waals surface area (Å²) in [5, 5.41) is 7.92. The number of rotatable bonds is 4. The highest BCUT2D eigenvalue weighted by molar-refractivity contribution is 5.32. The minimum Gasteiger partial charge on any atom is -0.310 e. The van der Waals surface area contributed by atoms with Crippen molar-refractivity contribution in [3.05, 3.63) is 40.8 Å². The molecule has 2 aromatic rings. The maximum Gasteiger partial charge on any atom is 0.154 e. The van der Waals surface area contributed by atoms with Crippen LogP contribution in [0.5, 0.6) is 0 Å². The van der Waals surface area contributed by atoms with E-state index in [4.69, 9.17) is 0 Å². The van der Waals surface area contributed by atoms with Crippen LogP contribution in [0.2, 0.25) is 0 Å². The van der Waals surface area contributed by atoms with Crippen LogP contribution in [0, 0.1) is 20.8 Å². The zero-order valence-corrected chi connectivity index (χ0v) is 12.4. The van der Waals surface area contributed by atoms with Gasteiger partial charge in [-0.05, 0) is 44.5 Å². The number of hydrogen-bond acceptors (Lipinski definition) is 3. The summed E-state index contributed by atoms with van der Waals surface area (Å²) in [6, 6.07) is 6.76. The Labute approximate surface area is 114 Å². The molecule has 0 saturated carbocycles. The fourth-order valence-corrected chi connectivity index (χ4v) is 2.11. The molecule has 0 aromatic carbocycles. The molecule has 0 radical (unpaired) electrons. The molecule has 0 saturated heterocycles. The lowest BCUT2D eigenvalue weighted by molar-refractivity contribution is 0.587. The first-order chi connectivity index (χ1) is 8.95. The maximum absolute atomic E-state index is 4.58. The molecule has 4 nitrogen and oxygen atoms in total. The summed E-state index contributed by atoms with van der Waals surface area (Å²) in [6.07, 6.45) is 0. The van der Waals surface area contributed by atoms with E-state index in [1.54, 1.807) is 0 Å². The van der Waals surface area contributed by atoms with E-state index in [1.807, 2.05) is 18.5 Å². The van der Waals surface area contributed by atoms with Crippen molar-refractivity contribution in [1.29, 1.82) is 0 Å². The lowest BCUT2D eigenvalue weighted by Gasteiger charge is -2.11. The Kier molecular flexibility index (Phi) is 4.00. The molecule has 19 heavy (non-hydrogen) atoms. The summed E-state index contributed by atoms with van der Waals surface area (Å²) >= 11 is 0. The van der Waals surface area contributed by atoms with Gasteiger partial charge in [0.1, 0.15) is 0 Å². The second kappa shape index (κ2) is 5.53. The summed E-state index contributed by atoms with van der Waals surface area (Å²) in [5.74, 6) is 0.895. The second-order valence-corrected chi connectivity index (χ2v) is 5.35. The summed E-state index contributed by atoms with van der Waals surface area (Å²) in [5.41, 5.74) is 4.38. The molecule has 0 aliphatic carbocycles. The molecule has 0 spiro atoms. The van der Waals surface area contributed by atoms with Crippen molar-refractivity contribution < 1.29 is 0 Å². The summed E-state index contributed by atoms with van der Waals surface area (Å²) in [4.78, 5) is 4.58. The van der Waals surface area contributed by atoms with Gasteiger partial charge in [0.25, 0.3) is 0 Å². The van der Waals surface area contributed by atoms with Crippen molar-refractivity contribution in [2.45, 2.75) is 47.2 Å². The molecular weight excluding hydrogens is 236 g/mol. The molecule has 0 unspecified atom stereocenters. The van der Waals surface area contributed by atoms with Crippen LogP contribution >= 0.6 is 0 Å². The van der Waals surface area contributed by atoms with Crippen molar-refractivity contribution in [2.24, 2.45) is 0 Å². The lowest BCUT2D eigenvalue weighted by atomic mass is 10.2. The van der Waals surface area contributed by atoms with Crippen LogP contribution < -0.4 is 5.32 Å². The number of hydrogen-bond donors (Lipinski definition) is 1. The number of pyridine rings is 1. The molecule has 0 bridgehead atoms. The quantitative estimate of drug-likeness (QED) is 0.917. The monoisotopic (exact) mass is 258 g/mol. The van der Waals surface area contributed by atoms with Gasteiger partial charge in [-0.15, -0.1) is 0 Å². The molecule has 0 aliphatic heterocycles. The summed E-state index contributed by atoms with van der Waals surface area (Å²) in [6.45, 7) is 11.2. The first-order valence-electron chi connectivity index (χ1n) is 6.70. The van der Waals surface area contributed by atoms with Gasteiger partial charge in [-0.3, -0.25) is 0 Å². The third-order valence-corrected chi connectivity index (χ3v) is 2.94. The molecule has 102 valence electrons. The predicted molar refractivity (Wildman–Crippen MR) is 77.5 cm³/mol. The SMILES string of the molecule is Cc1cc(CNC(C)C)cc(-n2nc(C)cc2C)n1.